The monoisotopic (exact) mass is 388 g/mol. The summed E-state index contributed by atoms with van der Waals surface area (Å²) in [4.78, 5) is 27.8. The van der Waals surface area contributed by atoms with E-state index in [1.807, 2.05) is 24.4 Å². The normalized spacial score (nSPS) is 10.8. The van der Waals surface area contributed by atoms with E-state index in [9.17, 15) is 9.59 Å². The van der Waals surface area contributed by atoms with E-state index in [4.69, 9.17) is 5.73 Å². The Bertz CT molecular complexity index is 1260. The van der Waals surface area contributed by atoms with E-state index in [1.54, 1.807) is 30.8 Å². The first-order chi connectivity index (χ1) is 13.9. The summed E-state index contributed by atoms with van der Waals surface area (Å²) in [5.41, 5.74) is 8.45. The number of aryl methyl sites for hydroxylation is 2. The molecule has 0 atom stereocenters. The van der Waals surface area contributed by atoms with Crippen LogP contribution in [0, 0.1) is 6.92 Å². The third kappa shape index (κ3) is 3.63. The summed E-state index contributed by atoms with van der Waals surface area (Å²) < 4.78 is 1.62. The van der Waals surface area contributed by atoms with Gasteiger partial charge in [-0.2, -0.15) is 0 Å². The topological polar surface area (TPSA) is 142 Å². The standard InChI is InChI=1S/C19H16N8O2/c1-10-5-13(8-21-17(10)18(20)28)19(29)22-16-7-12-6-11(3-4-14(12)23-25-16)15-9-27(2)26-24-15/h3-9H,1-2H3,(H2,20,28)(H,22,25,29). The van der Waals surface area contributed by atoms with Crippen LogP contribution in [0.15, 0.2) is 42.7 Å². The van der Waals surface area contributed by atoms with Gasteiger partial charge in [-0.1, -0.05) is 11.3 Å². The van der Waals surface area contributed by atoms with Gasteiger partial charge in [-0.05, 0) is 36.8 Å². The molecule has 0 fully saturated rings. The van der Waals surface area contributed by atoms with Gasteiger partial charge in [0.15, 0.2) is 5.82 Å². The molecule has 0 saturated carbocycles. The maximum atomic E-state index is 12.5. The fourth-order valence-electron chi connectivity index (χ4n) is 2.89. The van der Waals surface area contributed by atoms with E-state index in [1.165, 1.54) is 6.20 Å². The molecule has 3 aromatic heterocycles. The van der Waals surface area contributed by atoms with E-state index in [2.05, 4.69) is 30.8 Å². The van der Waals surface area contributed by atoms with Gasteiger partial charge < -0.3 is 11.1 Å². The molecular weight excluding hydrogens is 372 g/mol. The zero-order chi connectivity index (χ0) is 20.5. The molecule has 0 unspecified atom stereocenters. The van der Waals surface area contributed by atoms with Crippen LogP contribution in [0.4, 0.5) is 5.82 Å². The second-order valence-electron chi connectivity index (χ2n) is 6.49. The van der Waals surface area contributed by atoms with Crippen molar-refractivity contribution in [3.05, 3.63) is 59.5 Å². The number of aromatic nitrogens is 6. The lowest BCUT2D eigenvalue weighted by Gasteiger charge is -2.07. The third-order valence-corrected chi connectivity index (χ3v) is 4.30. The number of nitrogens with one attached hydrogen (secondary N) is 1. The number of primary amides is 1. The minimum atomic E-state index is -0.645. The molecule has 3 heterocycles. The van der Waals surface area contributed by atoms with Crippen LogP contribution >= 0.6 is 0 Å². The molecule has 10 nitrogen and oxygen atoms in total. The Morgan fingerprint density at radius 3 is 2.62 bits per heavy atom. The number of benzene rings is 1. The Labute approximate surface area is 164 Å². The lowest BCUT2D eigenvalue weighted by molar-refractivity contribution is 0.0989. The molecule has 144 valence electrons. The Hall–Kier alpha value is -4.21. The maximum Gasteiger partial charge on any atom is 0.267 e. The van der Waals surface area contributed by atoms with Crippen molar-refractivity contribution in [3.8, 4) is 11.3 Å². The second kappa shape index (κ2) is 7.08. The highest BCUT2D eigenvalue weighted by atomic mass is 16.2. The van der Waals surface area contributed by atoms with Gasteiger partial charge >= 0.3 is 0 Å². The number of hydrogen-bond acceptors (Lipinski definition) is 7. The van der Waals surface area contributed by atoms with Crippen molar-refractivity contribution in [2.75, 3.05) is 5.32 Å². The van der Waals surface area contributed by atoms with Gasteiger partial charge in [0.05, 0.1) is 17.3 Å². The number of amides is 2. The average molecular weight is 388 g/mol. The highest BCUT2D eigenvalue weighted by molar-refractivity contribution is 6.05. The van der Waals surface area contributed by atoms with Crippen LogP contribution in [0.25, 0.3) is 22.2 Å². The molecule has 0 aliphatic heterocycles. The van der Waals surface area contributed by atoms with E-state index >= 15 is 0 Å². The number of anilines is 1. The Morgan fingerprint density at radius 2 is 1.93 bits per heavy atom. The van der Waals surface area contributed by atoms with Gasteiger partial charge in [0, 0.05) is 24.2 Å². The molecule has 0 aliphatic rings. The summed E-state index contributed by atoms with van der Waals surface area (Å²) in [5, 5.41) is 19.7. The summed E-state index contributed by atoms with van der Waals surface area (Å²) in [6.07, 6.45) is 3.10. The van der Waals surface area contributed by atoms with Crippen molar-refractivity contribution in [2.45, 2.75) is 6.92 Å². The van der Waals surface area contributed by atoms with Crippen LogP contribution in [0.3, 0.4) is 0 Å². The van der Waals surface area contributed by atoms with Crippen molar-refractivity contribution in [1.82, 2.24) is 30.2 Å². The van der Waals surface area contributed by atoms with Gasteiger partial charge in [0.2, 0.25) is 0 Å². The molecule has 29 heavy (non-hydrogen) atoms. The Balaban J connectivity index is 1.61. The van der Waals surface area contributed by atoms with Crippen molar-refractivity contribution in [3.63, 3.8) is 0 Å². The summed E-state index contributed by atoms with van der Waals surface area (Å²) in [7, 11) is 1.79. The largest absolute Gasteiger partial charge is 0.364 e. The predicted molar refractivity (Wildman–Crippen MR) is 105 cm³/mol. The number of hydrogen-bond donors (Lipinski definition) is 2. The molecule has 0 aliphatic carbocycles. The van der Waals surface area contributed by atoms with Crippen LogP contribution < -0.4 is 11.1 Å². The Morgan fingerprint density at radius 1 is 1.10 bits per heavy atom. The number of carbonyl (C=O) groups is 2. The minimum Gasteiger partial charge on any atom is -0.364 e. The minimum absolute atomic E-state index is 0.128. The van der Waals surface area contributed by atoms with E-state index in [0.29, 0.717) is 11.1 Å². The highest BCUT2D eigenvalue weighted by Gasteiger charge is 2.13. The molecule has 3 N–H and O–H groups in total. The predicted octanol–water partition coefficient (Wildman–Crippen LogP) is 1.48. The molecule has 0 bridgehead atoms. The summed E-state index contributed by atoms with van der Waals surface area (Å²) in [5.74, 6) is -0.778. The van der Waals surface area contributed by atoms with E-state index < -0.39 is 11.8 Å². The SMILES string of the molecule is Cc1cc(C(=O)Nc2cc3cc(-c4cn(C)nn4)ccc3nn2)cnc1C(N)=O. The first-order valence-corrected chi connectivity index (χ1v) is 8.63. The maximum absolute atomic E-state index is 12.5. The van der Waals surface area contributed by atoms with Crippen molar-refractivity contribution < 1.29 is 9.59 Å². The average Bonchev–Trinajstić information content (AvgIpc) is 3.13. The molecular formula is C19H16N8O2. The number of nitrogens with two attached hydrogens (primary N) is 1. The molecule has 4 rings (SSSR count). The van der Waals surface area contributed by atoms with Crippen LogP contribution in [-0.2, 0) is 7.05 Å². The molecule has 0 saturated heterocycles. The van der Waals surface area contributed by atoms with Crippen molar-refractivity contribution in [2.24, 2.45) is 12.8 Å². The molecule has 0 spiro atoms. The van der Waals surface area contributed by atoms with Gasteiger partial charge in [0.1, 0.15) is 11.4 Å². The lowest BCUT2D eigenvalue weighted by Crippen LogP contribution is -2.18. The molecule has 2 amide bonds. The summed E-state index contributed by atoms with van der Waals surface area (Å²) in [6.45, 7) is 1.66. The molecule has 10 heteroatoms. The zero-order valence-corrected chi connectivity index (χ0v) is 15.6. The summed E-state index contributed by atoms with van der Waals surface area (Å²) in [6, 6.07) is 8.88. The molecule has 4 aromatic rings. The lowest BCUT2D eigenvalue weighted by atomic mass is 10.1. The molecule has 0 radical (unpaired) electrons. The zero-order valence-electron chi connectivity index (χ0n) is 15.6. The number of fused-ring (bicyclic) bond motifs is 1. The van der Waals surface area contributed by atoms with Gasteiger partial charge in [0.25, 0.3) is 11.8 Å². The van der Waals surface area contributed by atoms with Crippen LogP contribution in [-0.4, -0.2) is 42.0 Å². The van der Waals surface area contributed by atoms with Crippen LogP contribution in [0.5, 0.6) is 0 Å². The summed E-state index contributed by atoms with van der Waals surface area (Å²) >= 11 is 0. The van der Waals surface area contributed by atoms with Crippen molar-refractivity contribution in [1.29, 1.82) is 0 Å². The first kappa shape index (κ1) is 18.2. The van der Waals surface area contributed by atoms with Gasteiger partial charge in [-0.25, -0.2) is 4.98 Å². The Kier molecular flexibility index (Phi) is 4.43. The van der Waals surface area contributed by atoms with Crippen molar-refractivity contribution >= 4 is 28.5 Å². The van der Waals surface area contributed by atoms with Gasteiger partial charge in [-0.15, -0.1) is 15.3 Å². The number of pyridine rings is 1. The molecule has 1 aromatic carbocycles. The first-order valence-electron chi connectivity index (χ1n) is 8.63. The third-order valence-electron chi connectivity index (χ3n) is 4.30. The van der Waals surface area contributed by atoms with E-state index in [-0.39, 0.29) is 17.1 Å². The number of nitrogens with zero attached hydrogens (tertiary/aromatic N) is 6. The van der Waals surface area contributed by atoms with E-state index in [0.717, 1.165) is 16.6 Å². The number of carbonyl (C=O) groups excluding carboxylic acids is 2. The fraction of sp³-hybridized carbons (Fsp3) is 0.105. The van der Waals surface area contributed by atoms with Gasteiger partial charge in [-0.3, -0.25) is 14.3 Å². The fourth-order valence-corrected chi connectivity index (χ4v) is 2.89. The van der Waals surface area contributed by atoms with Crippen LogP contribution in [0.2, 0.25) is 0 Å². The number of rotatable bonds is 4. The van der Waals surface area contributed by atoms with Crippen LogP contribution in [0.1, 0.15) is 26.4 Å². The smallest absolute Gasteiger partial charge is 0.267 e. The highest BCUT2D eigenvalue weighted by Crippen LogP contribution is 2.23. The quantitative estimate of drug-likeness (QED) is 0.539. The second-order valence-corrected chi connectivity index (χ2v) is 6.49.